The van der Waals surface area contributed by atoms with Gasteiger partial charge >= 0.3 is 0 Å². The van der Waals surface area contributed by atoms with Gasteiger partial charge in [0.1, 0.15) is 0 Å². The molecule has 0 N–H and O–H groups in total. The fourth-order valence-electron chi connectivity index (χ4n) is 1.70. The first-order chi connectivity index (χ1) is 7.34. The summed E-state index contributed by atoms with van der Waals surface area (Å²) in [5.41, 5.74) is 5.84. The van der Waals surface area contributed by atoms with Crippen LogP contribution in [0.1, 0.15) is 0 Å². The molecule has 0 bridgehead atoms. The Bertz CT molecular complexity index is 409. The standard InChI is InChI=1S/C12H20Cl2OSi2/c1-16(2,3)7-9-10(8-17(4,5)6)12(13,14)11(9)15/h7-8H,1-6H3. The molecule has 0 radical (unpaired) electrons. The summed E-state index contributed by atoms with van der Waals surface area (Å²) in [5, 5.41) is 0. The zero-order valence-electron chi connectivity index (χ0n) is 11.3. The molecule has 96 valence electrons. The van der Waals surface area contributed by atoms with E-state index in [1.54, 1.807) is 0 Å². The Balaban J connectivity index is 3.22. The summed E-state index contributed by atoms with van der Waals surface area (Å²) in [4.78, 5) is 11.9. The minimum atomic E-state index is -1.44. The molecular formula is C12H20Cl2OSi2. The molecule has 0 aromatic heterocycles. The summed E-state index contributed by atoms with van der Waals surface area (Å²) in [6.07, 6.45) is 0. The van der Waals surface area contributed by atoms with E-state index in [1.807, 2.05) is 0 Å². The quantitative estimate of drug-likeness (QED) is 0.421. The minimum absolute atomic E-state index is 0.132. The Morgan fingerprint density at radius 2 is 1.35 bits per heavy atom. The Kier molecular flexibility index (Phi) is 3.91. The highest BCUT2D eigenvalue weighted by Gasteiger charge is 2.53. The highest BCUT2D eigenvalue weighted by Crippen LogP contribution is 2.49. The van der Waals surface area contributed by atoms with Crippen LogP contribution >= 0.6 is 23.2 Å². The second-order valence-electron chi connectivity index (χ2n) is 6.75. The fraction of sp³-hybridized carbons (Fsp3) is 0.583. The van der Waals surface area contributed by atoms with Gasteiger partial charge in [0.05, 0.1) is 16.1 Å². The topological polar surface area (TPSA) is 17.1 Å². The summed E-state index contributed by atoms with van der Waals surface area (Å²) in [6.45, 7) is 13.2. The van der Waals surface area contributed by atoms with Crippen LogP contribution in [0.5, 0.6) is 0 Å². The molecule has 0 aliphatic heterocycles. The average Bonchev–Trinajstić information content (AvgIpc) is 2.07. The first-order valence-electron chi connectivity index (χ1n) is 5.74. The molecule has 0 spiro atoms. The SMILES string of the molecule is C[Si](C)(C)C=C1C(=O)C(Cl)(Cl)C1=C[Si](C)(C)C. The Morgan fingerprint density at radius 3 is 1.71 bits per heavy atom. The molecule has 0 heterocycles. The van der Waals surface area contributed by atoms with Crippen molar-refractivity contribution in [2.24, 2.45) is 0 Å². The Morgan fingerprint density at radius 1 is 0.941 bits per heavy atom. The molecule has 17 heavy (non-hydrogen) atoms. The summed E-state index contributed by atoms with van der Waals surface area (Å²) < 4.78 is -1.30. The smallest absolute Gasteiger partial charge is 0.205 e. The first kappa shape index (κ1) is 15.2. The fourth-order valence-corrected chi connectivity index (χ4v) is 4.79. The minimum Gasteiger partial charge on any atom is -0.290 e. The van der Waals surface area contributed by atoms with E-state index in [2.05, 4.69) is 50.7 Å². The van der Waals surface area contributed by atoms with Gasteiger partial charge in [-0.2, -0.15) is 0 Å². The van der Waals surface area contributed by atoms with Crippen molar-refractivity contribution in [1.29, 1.82) is 0 Å². The lowest BCUT2D eigenvalue weighted by Crippen LogP contribution is -2.45. The van der Waals surface area contributed by atoms with Gasteiger partial charge in [0.15, 0.2) is 0 Å². The molecule has 0 unspecified atom stereocenters. The van der Waals surface area contributed by atoms with Crippen LogP contribution in [0.25, 0.3) is 0 Å². The number of alkyl halides is 2. The maximum atomic E-state index is 11.9. The van der Waals surface area contributed by atoms with Crippen LogP contribution in [0, 0.1) is 0 Å². The van der Waals surface area contributed by atoms with Crippen molar-refractivity contribution >= 4 is 45.1 Å². The van der Waals surface area contributed by atoms with Crippen molar-refractivity contribution in [2.45, 2.75) is 43.6 Å². The maximum Gasteiger partial charge on any atom is 0.205 e. The van der Waals surface area contributed by atoms with Gasteiger partial charge < -0.3 is 0 Å². The van der Waals surface area contributed by atoms with E-state index in [-0.39, 0.29) is 5.78 Å². The van der Waals surface area contributed by atoms with Gasteiger partial charge in [0, 0.05) is 5.57 Å². The van der Waals surface area contributed by atoms with E-state index >= 15 is 0 Å². The van der Waals surface area contributed by atoms with E-state index in [0.717, 1.165) is 11.1 Å². The Hall–Kier alpha value is 0.164. The third kappa shape index (κ3) is 3.56. The van der Waals surface area contributed by atoms with Gasteiger partial charge in [-0.25, -0.2) is 0 Å². The van der Waals surface area contributed by atoms with Gasteiger partial charge in [-0.3, -0.25) is 4.79 Å². The molecule has 0 saturated heterocycles. The van der Waals surface area contributed by atoms with Gasteiger partial charge in [0.25, 0.3) is 0 Å². The third-order valence-electron chi connectivity index (χ3n) is 2.31. The van der Waals surface area contributed by atoms with Crippen molar-refractivity contribution in [3.63, 3.8) is 0 Å². The first-order valence-corrected chi connectivity index (χ1v) is 13.6. The normalized spacial score (nSPS) is 25.3. The summed E-state index contributed by atoms with van der Waals surface area (Å²) in [7, 11) is -2.87. The van der Waals surface area contributed by atoms with Gasteiger partial charge in [0.2, 0.25) is 10.1 Å². The molecule has 1 fully saturated rings. The van der Waals surface area contributed by atoms with Crippen molar-refractivity contribution in [3.8, 4) is 0 Å². The van der Waals surface area contributed by atoms with E-state index in [1.165, 1.54) is 0 Å². The zero-order valence-corrected chi connectivity index (χ0v) is 14.8. The monoisotopic (exact) mass is 306 g/mol. The molecule has 0 aromatic rings. The van der Waals surface area contributed by atoms with Crippen LogP contribution in [0.4, 0.5) is 0 Å². The molecule has 1 nitrogen and oxygen atoms in total. The number of allylic oxidation sites excluding steroid dienone is 2. The highest BCUT2D eigenvalue weighted by atomic mass is 35.5. The summed E-state index contributed by atoms with van der Waals surface area (Å²) in [6, 6.07) is 0. The Labute approximate surface area is 116 Å². The molecular weight excluding hydrogens is 287 g/mol. The lowest BCUT2D eigenvalue weighted by atomic mass is 9.85. The van der Waals surface area contributed by atoms with Crippen molar-refractivity contribution in [1.82, 2.24) is 0 Å². The number of hydrogen-bond donors (Lipinski definition) is 0. The third-order valence-corrected chi connectivity index (χ3v) is 5.37. The largest absolute Gasteiger partial charge is 0.290 e. The molecule has 1 rings (SSSR count). The van der Waals surface area contributed by atoms with Crippen LogP contribution in [0.3, 0.4) is 0 Å². The number of carbonyl (C=O) groups excluding carboxylic acids is 1. The van der Waals surface area contributed by atoms with Crippen molar-refractivity contribution in [2.75, 3.05) is 0 Å². The van der Waals surface area contributed by atoms with E-state index in [4.69, 9.17) is 23.2 Å². The molecule has 1 aliphatic carbocycles. The van der Waals surface area contributed by atoms with Crippen LogP contribution in [0.2, 0.25) is 39.3 Å². The number of Topliss-reactive ketones (excluding diaryl/α,β-unsaturated/α-hetero) is 1. The second kappa shape index (κ2) is 4.37. The summed E-state index contributed by atoms with van der Waals surface area (Å²) >= 11 is 12.2. The lowest BCUT2D eigenvalue weighted by molar-refractivity contribution is -0.117. The molecule has 0 atom stereocenters. The second-order valence-corrected chi connectivity index (χ2v) is 18.1. The average molecular weight is 307 g/mol. The van der Waals surface area contributed by atoms with Gasteiger partial charge in [-0.15, -0.1) is 0 Å². The van der Waals surface area contributed by atoms with Crippen molar-refractivity contribution < 1.29 is 4.79 Å². The van der Waals surface area contributed by atoms with E-state index in [0.29, 0.717) is 0 Å². The van der Waals surface area contributed by atoms with Crippen LogP contribution in [-0.2, 0) is 4.79 Å². The highest BCUT2D eigenvalue weighted by molar-refractivity contribution is 6.83. The van der Waals surface area contributed by atoms with Crippen LogP contribution < -0.4 is 0 Å². The number of carbonyl (C=O) groups is 1. The van der Waals surface area contributed by atoms with E-state index < -0.39 is 20.5 Å². The van der Waals surface area contributed by atoms with Gasteiger partial charge in [-0.1, -0.05) is 73.9 Å². The van der Waals surface area contributed by atoms with E-state index in [9.17, 15) is 4.79 Å². The summed E-state index contributed by atoms with van der Waals surface area (Å²) in [5.74, 6) is -0.132. The van der Waals surface area contributed by atoms with Crippen LogP contribution in [0.15, 0.2) is 22.5 Å². The maximum absolute atomic E-state index is 11.9. The molecule has 5 heteroatoms. The number of rotatable bonds is 2. The predicted molar refractivity (Wildman–Crippen MR) is 82.3 cm³/mol. The number of hydrogen-bond acceptors (Lipinski definition) is 1. The van der Waals surface area contributed by atoms with Crippen molar-refractivity contribution in [3.05, 3.63) is 22.5 Å². The molecule has 1 aliphatic rings. The predicted octanol–water partition coefficient (Wildman–Crippen LogP) is 4.35. The molecule has 0 aromatic carbocycles. The van der Waals surface area contributed by atoms with Gasteiger partial charge in [-0.05, 0) is 5.57 Å². The van der Waals surface area contributed by atoms with Crippen LogP contribution in [-0.4, -0.2) is 26.3 Å². The zero-order chi connectivity index (χ0) is 13.6. The lowest BCUT2D eigenvalue weighted by Gasteiger charge is -2.37. The molecule has 1 saturated carbocycles. The molecule has 0 amide bonds. The number of halogens is 2. The number of ketones is 1.